The van der Waals surface area contributed by atoms with E-state index in [1.54, 1.807) is 36.4 Å². The van der Waals surface area contributed by atoms with Gasteiger partial charge in [-0.05, 0) is 67.1 Å². The van der Waals surface area contributed by atoms with Gasteiger partial charge in [-0.15, -0.1) is 0 Å². The SMILES string of the molecule is COc1ccc(/C=C/C(=O)Nc2ccc(S(=O)(=O)Nc3cccc(C)c3)cc2)c(OC)c1OC. The smallest absolute Gasteiger partial charge is 0.261 e. The van der Waals surface area contributed by atoms with Gasteiger partial charge in [-0.1, -0.05) is 12.1 Å². The van der Waals surface area contributed by atoms with Gasteiger partial charge in [-0.2, -0.15) is 0 Å². The van der Waals surface area contributed by atoms with Crippen molar-refractivity contribution >= 4 is 33.4 Å². The Hall–Kier alpha value is -3.98. The van der Waals surface area contributed by atoms with Crippen LogP contribution in [0.4, 0.5) is 11.4 Å². The van der Waals surface area contributed by atoms with E-state index in [-0.39, 0.29) is 4.90 Å². The van der Waals surface area contributed by atoms with E-state index in [4.69, 9.17) is 14.2 Å². The molecule has 0 heterocycles. The molecule has 0 spiro atoms. The summed E-state index contributed by atoms with van der Waals surface area (Å²) in [7, 11) is 0.768. The largest absolute Gasteiger partial charge is 0.493 e. The summed E-state index contributed by atoms with van der Waals surface area (Å²) in [5, 5.41) is 2.70. The first-order valence-electron chi connectivity index (χ1n) is 10.2. The molecule has 0 unspecified atom stereocenters. The maximum Gasteiger partial charge on any atom is 0.261 e. The van der Waals surface area contributed by atoms with Crippen molar-refractivity contribution in [3.63, 3.8) is 0 Å². The molecule has 0 fully saturated rings. The number of aryl methyl sites for hydroxylation is 1. The molecule has 9 heteroatoms. The van der Waals surface area contributed by atoms with Gasteiger partial charge in [0.05, 0.1) is 26.2 Å². The molecule has 0 aliphatic carbocycles. The van der Waals surface area contributed by atoms with E-state index in [2.05, 4.69) is 10.0 Å². The molecule has 178 valence electrons. The lowest BCUT2D eigenvalue weighted by Crippen LogP contribution is -2.13. The first kappa shape index (κ1) is 24.7. The minimum absolute atomic E-state index is 0.0811. The molecule has 0 saturated carbocycles. The number of benzene rings is 3. The second-order valence-corrected chi connectivity index (χ2v) is 8.93. The molecule has 0 saturated heterocycles. The van der Waals surface area contributed by atoms with Crippen molar-refractivity contribution in [1.29, 1.82) is 0 Å². The molecule has 8 nitrogen and oxygen atoms in total. The van der Waals surface area contributed by atoms with E-state index in [1.807, 2.05) is 13.0 Å². The molecule has 0 aliphatic rings. The minimum Gasteiger partial charge on any atom is -0.493 e. The topological polar surface area (TPSA) is 103 Å². The van der Waals surface area contributed by atoms with Gasteiger partial charge in [0.2, 0.25) is 11.7 Å². The number of methoxy groups -OCH3 is 3. The summed E-state index contributed by atoms with van der Waals surface area (Å²) in [6, 6.07) is 16.4. The van der Waals surface area contributed by atoms with Crippen LogP contribution in [0.5, 0.6) is 17.2 Å². The van der Waals surface area contributed by atoms with Crippen molar-refractivity contribution in [2.45, 2.75) is 11.8 Å². The lowest BCUT2D eigenvalue weighted by atomic mass is 10.1. The highest BCUT2D eigenvalue weighted by molar-refractivity contribution is 7.92. The van der Waals surface area contributed by atoms with Crippen LogP contribution in [0.15, 0.2) is 71.6 Å². The van der Waals surface area contributed by atoms with Gasteiger partial charge in [0, 0.05) is 23.0 Å². The van der Waals surface area contributed by atoms with E-state index >= 15 is 0 Å². The summed E-state index contributed by atoms with van der Waals surface area (Å²) < 4.78 is 43.8. The molecule has 2 N–H and O–H groups in total. The molecule has 0 bridgehead atoms. The summed E-state index contributed by atoms with van der Waals surface area (Å²) >= 11 is 0. The summed E-state index contributed by atoms with van der Waals surface area (Å²) in [4.78, 5) is 12.5. The quantitative estimate of drug-likeness (QED) is 0.436. The average molecular weight is 483 g/mol. The number of hydrogen-bond acceptors (Lipinski definition) is 6. The fourth-order valence-corrected chi connectivity index (χ4v) is 4.29. The van der Waals surface area contributed by atoms with Crippen LogP contribution in [0.25, 0.3) is 6.08 Å². The molecule has 0 atom stereocenters. The second kappa shape index (κ2) is 10.8. The number of nitrogens with one attached hydrogen (secondary N) is 2. The average Bonchev–Trinajstić information content (AvgIpc) is 2.82. The number of sulfonamides is 1. The van der Waals surface area contributed by atoms with Gasteiger partial charge in [0.1, 0.15) is 0 Å². The van der Waals surface area contributed by atoms with E-state index in [1.165, 1.54) is 51.7 Å². The maximum atomic E-state index is 12.6. The molecule has 0 aliphatic heterocycles. The number of carbonyl (C=O) groups excluding carboxylic acids is 1. The van der Waals surface area contributed by atoms with Crippen molar-refractivity contribution in [3.05, 3.63) is 77.9 Å². The van der Waals surface area contributed by atoms with E-state index in [0.29, 0.717) is 34.2 Å². The van der Waals surface area contributed by atoms with Crippen LogP contribution in [0, 0.1) is 6.92 Å². The van der Waals surface area contributed by atoms with Crippen LogP contribution in [-0.2, 0) is 14.8 Å². The van der Waals surface area contributed by atoms with Gasteiger partial charge in [-0.3, -0.25) is 9.52 Å². The van der Waals surface area contributed by atoms with E-state index in [0.717, 1.165) is 5.56 Å². The molecule has 3 aromatic carbocycles. The highest BCUT2D eigenvalue weighted by Crippen LogP contribution is 2.40. The Balaban J connectivity index is 1.70. The zero-order valence-electron chi connectivity index (χ0n) is 19.3. The molecular formula is C25H26N2O6S. The third kappa shape index (κ3) is 5.87. The van der Waals surface area contributed by atoms with Gasteiger partial charge in [0.25, 0.3) is 10.0 Å². The van der Waals surface area contributed by atoms with E-state index < -0.39 is 15.9 Å². The fourth-order valence-electron chi connectivity index (χ4n) is 3.25. The van der Waals surface area contributed by atoms with E-state index in [9.17, 15) is 13.2 Å². The van der Waals surface area contributed by atoms with Crippen LogP contribution in [-0.4, -0.2) is 35.7 Å². The molecule has 0 aromatic heterocycles. The Kier molecular flexibility index (Phi) is 7.80. The van der Waals surface area contributed by atoms with Gasteiger partial charge >= 0.3 is 0 Å². The molecule has 3 aromatic rings. The third-order valence-electron chi connectivity index (χ3n) is 4.85. The summed E-state index contributed by atoms with van der Waals surface area (Å²) in [6.07, 6.45) is 2.93. The molecule has 34 heavy (non-hydrogen) atoms. The van der Waals surface area contributed by atoms with Crippen molar-refractivity contribution < 1.29 is 27.4 Å². The van der Waals surface area contributed by atoms with Crippen LogP contribution in [0.3, 0.4) is 0 Å². The minimum atomic E-state index is -3.75. The zero-order chi connectivity index (χ0) is 24.7. The van der Waals surface area contributed by atoms with Crippen LogP contribution < -0.4 is 24.2 Å². The Morgan fingerprint density at radius 1 is 0.853 bits per heavy atom. The number of rotatable bonds is 9. The number of hydrogen-bond donors (Lipinski definition) is 2. The van der Waals surface area contributed by atoms with Crippen LogP contribution in [0.1, 0.15) is 11.1 Å². The Bertz CT molecular complexity index is 1300. The van der Waals surface area contributed by atoms with Gasteiger partial charge < -0.3 is 19.5 Å². The number of anilines is 2. The summed E-state index contributed by atoms with van der Waals surface area (Å²) in [6.45, 7) is 1.88. The Morgan fingerprint density at radius 2 is 1.56 bits per heavy atom. The molecule has 1 amide bonds. The maximum absolute atomic E-state index is 12.6. The third-order valence-corrected chi connectivity index (χ3v) is 6.25. The van der Waals surface area contributed by atoms with Gasteiger partial charge in [0.15, 0.2) is 11.5 Å². The fraction of sp³-hybridized carbons (Fsp3) is 0.160. The second-order valence-electron chi connectivity index (χ2n) is 7.25. The predicted octanol–water partition coefficient (Wildman–Crippen LogP) is 4.47. The highest BCUT2D eigenvalue weighted by Gasteiger charge is 2.15. The first-order chi connectivity index (χ1) is 16.3. The highest BCUT2D eigenvalue weighted by atomic mass is 32.2. The van der Waals surface area contributed by atoms with Crippen molar-refractivity contribution in [2.24, 2.45) is 0 Å². The number of ether oxygens (including phenoxy) is 3. The lowest BCUT2D eigenvalue weighted by Gasteiger charge is -2.14. The first-order valence-corrected chi connectivity index (χ1v) is 11.7. The van der Waals surface area contributed by atoms with Crippen LogP contribution in [0.2, 0.25) is 0 Å². The van der Waals surface area contributed by atoms with Crippen molar-refractivity contribution in [2.75, 3.05) is 31.4 Å². The lowest BCUT2D eigenvalue weighted by molar-refractivity contribution is -0.111. The zero-order valence-corrected chi connectivity index (χ0v) is 20.1. The number of amides is 1. The van der Waals surface area contributed by atoms with Crippen molar-refractivity contribution in [3.8, 4) is 17.2 Å². The van der Waals surface area contributed by atoms with Gasteiger partial charge in [-0.25, -0.2) is 8.42 Å². The van der Waals surface area contributed by atoms with Crippen LogP contribution >= 0.6 is 0 Å². The van der Waals surface area contributed by atoms with Crippen molar-refractivity contribution in [1.82, 2.24) is 0 Å². The predicted molar refractivity (Wildman–Crippen MR) is 132 cm³/mol. The monoisotopic (exact) mass is 482 g/mol. The molecular weight excluding hydrogens is 456 g/mol. The molecule has 3 rings (SSSR count). The standard InChI is InChI=1S/C25H26N2O6S/c1-17-6-5-7-20(16-17)27-34(29,30)21-12-10-19(11-13-21)26-23(28)15-9-18-8-14-22(31-2)25(33-4)24(18)32-3/h5-16,27H,1-4H3,(H,26,28)/b15-9+. The number of carbonyl (C=O) groups is 1. The summed E-state index contributed by atoms with van der Waals surface area (Å²) in [5.74, 6) is 0.961. The molecule has 0 radical (unpaired) electrons. The normalized spacial score (nSPS) is 11.2. The Morgan fingerprint density at radius 3 is 2.18 bits per heavy atom. The summed E-state index contributed by atoms with van der Waals surface area (Å²) in [5.41, 5.74) is 2.49. The Labute approximate surface area is 199 Å².